The maximum atomic E-state index is 11.3. The van der Waals surface area contributed by atoms with Gasteiger partial charge in [0.25, 0.3) is 0 Å². The Kier molecular flexibility index (Phi) is 9.50. The zero-order chi connectivity index (χ0) is 21.5. The van der Waals surface area contributed by atoms with Crippen molar-refractivity contribution in [3.05, 3.63) is 58.1 Å². The Bertz CT molecular complexity index is 1010. The van der Waals surface area contributed by atoms with Gasteiger partial charge < -0.3 is 39.7 Å². The number of fused-ring (bicyclic) bond motifs is 2. The van der Waals surface area contributed by atoms with Crippen molar-refractivity contribution < 1.29 is 93.5 Å². The number of carboxylic acid groups (broad SMARTS) is 2. The molecule has 11 heteroatoms. The number of halogens is 1. The van der Waals surface area contributed by atoms with Crippen LogP contribution < -0.4 is 84.1 Å². The minimum atomic E-state index is -2.98. The Morgan fingerprint density at radius 1 is 1.12 bits per heavy atom. The number of hydrogen-bond acceptors (Lipinski definition) is 8. The first-order valence-electron chi connectivity index (χ1n) is 9.42. The van der Waals surface area contributed by atoms with Crippen LogP contribution in [0.25, 0.3) is 0 Å². The third-order valence-corrected chi connectivity index (χ3v) is 5.61. The van der Waals surface area contributed by atoms with Crippen molar-refractivity contribution in [3.8, 4) is 11.5 Å². The fraction of sp³-hybridized carbons (Fsp3) is 0.333. The minimum absolute atomic E-state index is 0. The van der Waals surface area contributed by atoms with E-state index in [0.717, 1.165) is 23.1 Å². The molecule has 0 aromatic heterocycles. The molecule has 0 radical (unpaired) electrons. The van der Waals surface area contributed by atoms with Gasteiger partial charge in [0.15, 0.2) is 11.5 Å². The van der Waals surface area contributed by atoms with Gasteiger partial charge in [-0.2, -0.15) is 0 Å². The van der Waals surface area contributed by atoms with Crippen molar-refractivity contribution in [3.63, 3.8) is 0 Å². The predicted molar refractivity (Wildman–Crippen MR) is 101 cm³/mol. The average Bonchev–Trinajstić information content (AvgIpc) is 3.10. The molecule has 0 unspecified atom stereocenters. The molecule has 8 nitrogen and oxygen atoms in total. The summed E-state index contributed by atoms with van der Waals surface area (Å²) < 4.78 is 10.1. The fourth-order valence-corrected chi connectivity index (χ4v) is 3.99. The smallest absolute Gasteiger partial charge is 0.542 e. The van der Waals surface area contributed by atoms with Crippen molar-refractivity contribution in [2.45, 2.75) is 37.2 Å². The van der Waals surface area contributed by atoms with E-state index in [2.05, 4.69) is 5.32 Å². The van der Waals surface area contributed by atoms with Gasteiger partial charge in [-0.05, 0) is 60.2 Å². The number of aliphatic hydroxyl groups excluding tert-OH is 1. The van der Waals surface area contributed by atoms with Crippen LogP contribution in [-0.4, -0.2) is 35.4 Å². The van der Waals surface area contributed by atoms with Gasteiger partial charge in [0, 0.05) is 17.6 Å². The summed E-state index contributed by atoms with van der Waals surface area (Å²) in [6, 6.07) is 10.3. The molecular weight excluding hydrogens is 460 g/mol. The second-order valence-electron chi connectivity index (χ2n) is 7.38. The molecular formula is C21H18ClNNa2O7. The predicted octanol–water partition coefficient (Wildman–Crippen LogP) is -6.50. The summed E-state index contributed by atoms with van der Waals surface area (Å²) in [6.07, 6.45) is 1.33. The third-order valence-electron chi connectivity index (χ3n) is 5.37. The van der Waals surface area contributed by atoms with Crippen LogP contribution in [0.5, 0.6) is 11.5 Å². The van der Waals surface area contributed by atoms with Gasteiger partial charge in [0.1, 0.15) is 11.9 Å². The van der Waals surface area contributed by atoms with E-state index in [4.69, 9.17) is 21.1 Å². The molecule has 0 saturated heterocycles. The Labute approximate surface area is 233 Å². The van der Waals surface area contributed by atoms with Crippen LogP contribution in [0.1, 0.15) is 29.2 Å². The van der Waals surface area contributed by atoms with Crippen molar-refractivity contribution in [2.75, 3.05) is 6.54 Å². The Balaban J connectivity index is 0.00000181. The van der Waals surface area contributed by atoms with Gasteiger partial charge >= 0.3 is 64.9 Å². The first kappa shape index (κ1) is 27.4. The summed E-state index contributed by atoms with van der Waals surface area (Å²) in [5.74, 6) is -7.01. The van der Waals surface area contributed by atoms with Gasteiger partial charge in [-0.3, -0.25) is 0 Å². The molecule has 1 heterocycles. The molecule has 1 aliphatic carbocycles. The molecule has 0 amide bonds. The summed E-state index contributed by atoms with van der Waals surface area (Å²) in [4.78, 5) is 22.5. The van der Waals surface area contributed by atoms with E-state index in [-0.39, 0.29) is 76.7 Å². The molecule has 0 bridgehead atoms. The number of aryl methyl sites for hydroxylation is 1. The van der Waals surface area contributed by atoms with Crippen LogP contribution in [0.15, 0.2) is 36.4 Å². The summed E-state index contributed by atoms with van der Waals surface area (Å²) >= 11 is 5.96. The molecule has 158 valence electrons. The molecule has 2 aliphatic rings. The van der Waals surface area contributed by atoms with Crippen LogP contribution in [-0.2, 0) is 22.4 Å². The van der Waals surface area contributed by atoms with Crippen LogP contribution in [0, 0.1) is 0 Å². The average molecular weight is 478 g/mol. The number of aliphatic carboxylic acids is 2. The molecule has 1 aliphatic heterocycles. The van der Waals surface area contributed by atoms with Crippen molar-refractivity contribution in [1.82, 2.24) is 5.32 Å². The van der Waals surface area contributed by atoms with Gasteiger partial charge in [-0.25, -0.2) is 0 Å². The third kappa shape index (κ3) is 5.46. The molecule has 0 fully saturated rings. The number of hydrogen-bond donors (Lipinski definition) is 2. The van der Waals surface area contributed by atoms with Crippen LogP contribution in [0.3, 0.4) is 0 Å². The maximum absolute atomic E-state index is 11.3. The molecule has 4 rings (SSSR count). The number of rotatable bonds is 6. The van der Waals surface area contributed by atoms with Crippen molar-refractivity contribution in [1.29, 1.82) is 0 Å². The summed E-state index contributed by atoms with van der Waals surface area (Å²) in [5, 5.41) is 36.8. The van der Waals surface area contributed by atoms with E-state index < -0.39 is 23.8 Å². The van der Waals surface area contributed by atoms with Crippen molar-refractivity contribution >= 4 is 23.5 Å². The Hall–Kier alpha value is -0.810. The molecule has 0 spiro atoms. The zero-order valence-electron chi connectivity index (χ0n) is 17.7. The van der Waals surface area contributed by atoms with Crippen LogP contribution in [0.4, 0.5) is 0 Å². The molecule has 2 aromatic rings. The van der Waals surface area contributed by atoms with E-state index >= 15 is 0 Å². The van der Waals surface area contributed by atoms with E-state index in [1.807, 2.05) is 0 Å². The number of nitrogens with one attached hydrogen (secondary N) is 1. The first-order chi connectivity index (χ1) is 14.3. The zero-order valence-corrected chi connectivity index (χ0v) is 22.5. The van der Waals surface area contributed by atoms with Gasteiger partial charge in [-0.15, -0.1) is 0 Å². The fourth-order valence-electron chi connectivity index (χ4n) is 3.79. The Morgan fingerprint density at radius 2 is 1.75 bits per heavy atom. The number of aliphatic hydroxyl groups is 1. The van der Waals surface area contributed by atoms with Gasteiger partial charge in [0.05, 0.1) is 6.10 Å². The summed E-state index contributed by atoms with van der Waals surface area (Å²) in [5.41, 5.74) is 2.51. The molecule has 2 atom stereocenters. The number of benzene rings is 2. The van der Waals surface area contributed by atoms with Gasteiger partial charge in [-0.1, -0.05) is 23.7 Å². The summed E-state index contributed by atoms with van der Waals surface area (Å²) in [6.45, 7) is 0.337. The normalized spacial score (nSPS) is 18.5. The molecule has 2 N–H and O–H groups in total. The Morgan fingerprint density at radius 3 is 2.34 bits per heavy atom. The standard InChI is InChI=1S/C21H20ClNO7.2Na/c22-14-3-1-2-12(6-14)16(24)10-23-15-5-4-11-8-17-18(9-13(11)7-15)30-21(29-17,19(25)26)20(27)28;;/h1-3,6,8-9,15-16,23-24H,4-5,7,10H2,(H,25,26)(H,27,28);;/q;2*+1/p-2/t15-,16-;;/m0../s1. The monoisotopic (exact) mass is 477 g/mol. The quantitative estimate of drug-likeness (QED) is 0.310. The first-order valence-corrected chi connectivity index (χ1v) is 9.80. The van der Waals surface area contributed by atoms with Crippen molar-refractivity contribution in [2.24, 2.45) is 0 Å². The number of carbonyl (C=O) groups excluding carboxylic acids is 2. The second-order valence-corrected chi connectivity index (χ2v) is 7.82. The number of carboxylic acids is 2. The largest absolute Gasteiger partial charge is 1.00 e. The van der Waals surface area contributed by atoms with E-state index in [1.54, 1.807) is 36.4 Å². The topological polar surface area (TPSA) is 131 Å². The molecule has 32 heavy (non-hydrogen) atoms. The number of ether oxygens (including phenoxy) is 2. The van der Waals surface area contributed by atoms with Gasteiger partial charge in [0.2, 0.25) is 0 Å². The van der Waals surface area contributed by atoms with Crippen LogP contribution >= 0.6 is 11.6 Å². The van der Waals surface area contributed by atoms with E-state index in [9.17, 15) is 24.9 Å². The van der Waals surface area contributed by atoms with Crippen LogP contribution in [0.2, 0.25) is 5.02 Å². The SMILES string of the molecule is O=C([O-])C1(C(=O)[O-])Oc2cc3c(cc2O1)C[C@@H](NC[C@H](O)c1cccc(Cl)c1)CC3.[Na+].[Na+]. The summed E-state index contributed by atoms with van der Waals surface area (Å²) in [7, 11) is 0. The maximum Gasteiger partial charge on any atom is 1.00 e. The van der Waals surface area contributed by atoms with E-state index in [1.165, 1.54) is 0 Å². The second kappa shape index (κ2) is 11.1. The van der Waals surface area contributed by atoms with E-state index in [0.29, 0.717) is 24.4 Å². The minimum Gasteiger partial charge on any atom is -0.542 e. The number of carbonyl (C=O) groups is 2. The molecule has 0 saturated carbocycles. The molecule has 2 aromatic carbocycles.